The minimum Gasteiger partial charge on any atom is -0.460 e. The number of aryl methyl sites for hydroxylation is 1. The van der Waals surface area contributed by atoms with E-state index in [1.54, 1.807) is 14.0 Å². The normalized spacial score (nSPS) is 10.6. The highest BCUT2D eigenvalue weighted by Gasteiger charge is 2.14. The zero-order valence-electron chi connectivity index (χ0n) is 8.85. The second-order valence-corrected chi connectivity index (χ2v) is 3.14. The van der Waals surface area contributed by atoms with Crippen LogP contribution in [0.3, 0.4) is 0 Å². The van der Waals surface area contributed by atoms with Crippen molar-refractivity contribution in [3.63, 3.8) is 0 Å². The molecular weight excluding hydrogens is 212 g/mol. The number of nitrogens with one attached hydrogen (secondary N) is 1. The molecule has 84 valence electrons. The lowest BCUT2D eigenvalue weighted by atomic mass is 10.4. The first-order valence-corrected chi connectivity index (χ1v) is 4.72. The van der Waals surface area contributed by atoms with Crippen LogP contribution in [0.5, 0.6) is 0 Å². The second-order valence-electron chi connectivity index (χ2n) is 3.14. The Balaban J connectivity index is 2.61. The number of esters is 1. The zero-order valence-corrected chi connectivity index (χ0v) is 8.85. The third-order valence-corrected chi connectivity index (χ3v) is 2.07. The Morgan fingerprint density at radius 1 is 1.62 bits per heavy atom. The number of aromatic nitrogens is 4. The van der Waals surface area contributed by atoms with Crippen LogP contribution in [0.1, 0.15) is 17.5 Å². The molecule has 2 aromatic heterocycles. The van der Waals surface area contributed by atoms with Gasteiger partial charge in [-0.15, -0.1) is 0 Å². The summed E-state index contributed by atoms with van der Waals surface area (Å²) in [6.07, 6.45) is 1.40. The molecule has 0 aliphatic heterocycles. The van der Waals surface area contributed by atoms with Crippen molar-refractivity contribution >= 4 is 17.0 Å². The van der Waals surface area contributed by atoms with Gasteiger partial charge in [-0.1, -0.05) is 0 Å². The van der Waals surface area contributed by atoms with Gasteiger partial charge in [0.25, 0.3) is 5.56 Å². The Morgan fingerprint density at radius 3 is 3.06 bits per heavy atom. The molecule has 2 heterocycles. The van der Waals surface area contributed by atoms with Gasteiger partial charge in [0.05, 0.1) is 12.8 Å². The minimum absolute atomic E-state index is 0.108. The Labute approximate surface area is 90.1 Å². The number of carbonyl (C=O) groups excluding carboxylic acids is 1. The molecule has 2 aromatic rings. The van der Waals surface area contributed by atoms with Crippen molar-refractivity contribution in [3.05, 3.63) is 22.4 Å². The third kappa shape index (κ3) is 1.56. The van der Waals surface area contributed by atoms with Crippen LogP contribution in [-0.4, -0.2) is 32.3 Å². The molecule has 0 aromatic carbocycles. The molecule has 0 fully saturated rings. The summed E-state index contributed by atoms with van der Waals surface area (Å²) in [5.74, 6) is -0.759. The maximum Gasteiger partial charge on any atom is 0.374 e. The van der Waals surface area contributed by atoms with Crippen LogP contribution in [0.25, 0.3) is 11.0 Å². The summed E-state index contributed by atoms with van der Waals surface area (Å²) in [5, 5.41) is 4.23. The van der Waals surface area contributed by atoms with Gasteiger partial charge < -0.3 is 9.72 Å². The quantitative estimate of drug-likeness (QED) is 0.712. The molecule has 0 bridgehead atoms. The van der Waals surface area contributed by atoms with Gasteiger partial charge >= 0.3 is 5.97 Å². The summed E-state index contributed by atoms with van der Waals surface area (Å²) in [4.78, 5) is 29.3. The molecule has 7 nitrogen and oxygen atoms in total. The monoisotopic (exact) mass is 222 g/mol. The number of carbonyl (C=O) groups is 1. The van der Waals surface area contributed by atoms with E-state index in [-0.39, 0.29) is 12.4 Å². The van der Waals surface area contributed by atoms with E-state index in [4.69, 9.17) is 4.74 Å². The van der Waals surface area contributed by atoms with Gasteiger partial charge in [0.1, 0.15) is 5.39 Å². The first kappa shape index (κ1) is 10.3. The van der Waals surface area contributed by atoms with Crippen LogP contribution in [0.15, 0.2) is 11.0 Å². The Kier molecular flexibility index (Phi) is 2.43. The molecule has 0 aliphatic carbocycles. The Hall–Kier alpha value is -2.18. The van der Waals surface area contributed by atoms with Crippen molar-refractivity contribution in [1.29, 1.82) is 0 Å². The number of H-pyrrole nitrogens is 1. The van der Waals surface area contributed by atoms with Gasteiger partial charge in [0, 0.05) is 7.05 Å². The number of rotatable bonds is 2. The SMILES string of the molecule is CCOC(=O)c1nc2c(cnn2C)c(=O)[nH]1. The number of aromatic amines is 1. The highest BCUT2D eigenvalue weighted by molar-refractivity contribution is 5.87. The Bertz CT molecular complexity index is 598. The van der Waals surface area contributed by atoms with E-state index >= 15 is 0 Å². The van der Waals surface area contributed by atoms with Crippen LogP contribution < -0.4 is 5.56 Å². The van der Waals surface area contributed by atoms with E-state index in [0.717, 1.165) is 0 Å². The summed E-state index contributed by atoms with van der Waals surface area (Å²) >= 11 is 0. The zero-order chi connectivity index (χ0) is 11.7. The highest BCUT2D eigenvalue weighted by Crippen LogP contribution is 2.04. The molecular formula is C9H10N4O3. The van der Waals surface area contributed by atoms with Crippen LogP contribution in [0.2, 0.25) is 0 Å². The summed E-state index contributed by atoms with van der Waals surface area (Å²) < 4.78 is 6.17. The topological polar surface area (TPSA) is 89.9 Å². The first-order chi connectivity index (χ1) is 7.63. The first-order valence-electron chi connectivity index (χ1n) is 4.72. The van der Waals surface area contributed by atoms with E-state index in [0.29, 0.717) is 11.0 Å². The molecule has 0 saturated carbocycles. The van der Waals surface area contributed by atoms with Crippen molar-refractivity contribution in [2.24, 2.45) is 7.05 Å². The van der Waals surface area contributed by atoms with Gasteiger partial charge in [-0.05, 0) is 6.92 Å². The van der Waals surface area contributed by atoms with Gasteiger partial charge in [-0.3, -0.25) is 9.48 Å². The lowest BCUT2D eigenvalue weighted by Gasteiger charge is -2.00. The number of hydrogen-bond donors (Lipinski definition) is 1. The van der Waals surface area contributed by atoms with E-state index < -0.39 is 11.5 Å². The molecule has 0 aliphatic rings. The molecule has 1 N–H and O–H groups in total. The summed E-state index contributed by atoms with van der Waals surface area (Å²) in [7, 11) is 1.64. The molecule has 0 atom stereocenters. The molecule has 16 heavy (non-hydrogen) atoms. The largest absolute Gasteiger partial charge is 0.460 e. The van der Waals surface area contributed by atoms with E-state index in [1.165, 1.54) is 10.9 Å². The predicted octanol–water partition coefficient (Wildman–Crippen LogP) is -0.167. The molecule has 2 rings (SSSR count). The number of hydrogen-bond acceptors (Lipinski definition) is 5. The highest BCUT2D eigenvalue weighted by atomic mass is 16.5. The molecule has 7 heteroatoms. The summed E-state index contributed by atoms with van der Waals surface area (Å²) in [6.45, 7) is 1.91. The predicted molar refractivity (Wildman–Crippen MR) is 55.1 cm³/mol. The van der Waals surface area contributed by atoms with Crippen molar-refractivity contribution in [1.82, 2.24) is 19.7 Å². The maximum absolute atomic E-state index is 11.6. The Morgan fingerprint density at radius 2 is 2.38 bits per heavy atom. The van der Waals surface area contributed by atoms with Crippen LogP contribution in [0, 0.1) is 0 Å². The fraction of sp³-hybridized carbons (Fsp3) is 0.333. The third-order valence-electron chi connectivity index (χ3n) is 2.07. The lowest BCUT2D eigenvalue weighted by molar-refractivity contribution is 0.0512. The number of fused-ring (bicyclic) bond motifs is 1. The second kappa shape index (κ2) is 3.76. The summed E-state index contributed by atoms with van der Waals surface area (Å²) in [5.41, 5.74) is -0.0482. The van der Waals surface area contributed by atoms with E-state index in [1.807, 2.05) is 0 Å². The molecule has 0 radical (unpaired) electrons. The lowest BCUT2D eigenvalue weighted by Crippen LogP contribution is -2.17. The fourth-order valence-corrected chi connectivity index (χ4v) is 1.33. The minimum atomic E-state index is -0.650. The van der Waals surface area contributed by atoms with E-state index in [9.17, 15) is 9.59 Å². The average molecular weight is 222 g/mol. The molecule has 0 spiro atoms. The fourth-order valence-electron chi connectivity index (χ4n) is 1.33. The van der Waals surface area contributed by atoms with Crippen LogP contribution in [-0.2, 0) is 11.8 Å². The molecule has 0 unspecified atom stereocenters. The van der Waals surface area contributed by atoms with Crippen molar-refractivity contribution in [2.75, 3.05) is 6.61 Å². The number of nitrogens with zero attached hydrogens (tertiary/aromatic N) is 3. The average Bonchev–Trinajstić information content (AvgIpc) is 2.61. The smallest absolute Gasteiger partial charge is 0.374 e. The maximum atomic E-state index is 11.6. The van der Waals surface area contributed by atoms with Gasteiger partial charge in [0.2, 0.25) is 5.82 Å². The van der Waals surface area contributed by atoms with Crippen molar-refractivity contribution < 1.29 is 9.53 Å². The van der Waals surface area contributed by atoms with Crippen LogP contribution >= 0.6 is 0 Å². The standard InChI is InChI=1S/C9H10N4O3/c1-3-16-9(15)6-11-7-5(8(14)12-6)4-10-13(7)2/h4H,3H2,1-2H3,(H,11,12,14). The molecule has 0 saturated heterocycles. The van der Waals surface area contributed by atoms with Gasteiger partial charge in [0.15, 0.2) is 5.65 Å². The van der Waals surface area contributed by atoms with Crippen molar-refractivity contribution in [3.8, 4) is 0 Å². The van der Waals surface area contributed by atoms with Crippen molar-refractivity contribution in [2.45, 2.75) is 6.92 Å². The van der Waals surface area contributed by atoms with E-state index in [2.05, 4.69) is 15.1 Å². The number of ether oxygens (including phenoxy) is 1. The van der Waals surface area contributed by atoms with Gasteiger partial charge in [-0.2, -0.15) is 5.10 Å². The van der Waals surface area contributed by atoms with Crippen LogP contribution in [0.4, 0.5) is 0 Å². The molecule has 0 amide bonds. The summed E-state index contributed by atoms with van der Waals surface area (Å²) in [6, 6.07) is 0. The van der Waals surface area contributed by atoms with Gasteiger partial charge in [-0.25, -0.2) is 9.78 Å².